The normalized spacial score (nSPS) is 14.2. The van der Waals surface area contributed by atoms with Crippen LogP contribution in [0.5, 0.6) is 5.75 Å². The molecule has 0 aliphatic carbocycles. The highest BCUT2D eigenvalue weighted by Gasteiger charge is 2.22. The van der Waals surface area contributed by atoms with Crippen LogP contribution in [0.15, 0.2) is 60.9 Å². The van der Waals surface area contributed by atoms with Gasteiger partial charge in [-0.2, -0.15) is 0 Å². The molecule has 0 radical (unpaired) electrons. The van der Waals surface area contributed by atoms with Gasteiger partial charge < -0.3 is 19.1 Å². The van der Waals surface area contributed by atoms with Crippen LogP contribution in [0.4, 0.5) is 10.2 Å². The molecular formula is C20H20FN5O2. The fourth-order valence-corrected chi connectivity index (χ4v) is 3.09. The summed E-state index contributed by atoms with van der Waals surface area (Å²) >= 11 is 0. The van der Waals surface area contributed by atoms with Gasteiger partial charge in [0.25, 0.3) is 5.91 Å². The third kappa shape index (κ3) is 3.95. The summed E-state index contributed by atoms with van der Waals surface area (Å²) in [5.74, 6) is 1.00. The molecule has 4 rings (SSSR count). The Morgan fingerprint density at radius 3 is 2.29 bits per heavy atom. The fourth-order valence-electron chi connectivity index (χ4n) is 3.09. The molecule has 2 aromatic heterocycles. The van der Waals surface area contributed by atoms with E-state index in [4.69, 9.17) is 4.74 Å². The minimum atomic E-state index is -0.470. The molecule has 7 nitrogen and oxygen atoms in total. The number of piperazine rings is 1. The van der Waals surface area contributed by atoms with Crippen molar-refractivity contribution in [2.24, 2.45) is 0 Å². The number of ether oxygens (including phenoxy) is 1. The number of amides is 1. The average Bonchev–Trinajstić information content (AvgIpc) is 3.28. The maximum absolute atomic E-state index is 13.6. The molecule has 8 heteroatoms. The Morgan fingerprint density at radius 1 is 0.929 bits per heavy atom. The number of para-hydroxylation sites is 1. The molecule has 1 aromatic carbocycles. The third-order valence-electron chi connectivity index (χ3n) is 4.65. The van der Waals surface area contributed by atoms with Crippen molar-refractivity contribution in [2.75, 3.05) is 37.7 Å². The van der Waals surface area contributed by atoms with Gasteiger partial charge in [-0.3, -0.25) is 4.79 Å². The summed E-state index contributed by atoms with van der Waals surface area (Å²) in [4.78, 5) is 16.1. The maximum atomic E-state index is 13.6. The van der Waals surface area contributed by atoms with Crippen LogP contribution in [-0.2, 0) is 4.79 Å². The second-order valence-electron chi connectivity index (χ2n) is 6.43. The van der Waals surface area contributed by atoms with E-state index in [1.807, 2.05) is 41.2 Å². The largest absolute Gasteiger partial charge is 0.481 e. The van der Waals surface area contributed by atoms with Crippen LogP contribution in [0.2, 0.25) is 0 Å². The highest BCUT2D eigenvalue weighted by Crippen LogP contribution is 2.17. The summed E-state index contributed by atoms with van der Waals surface area (Å²) < 4.78 is 20.8. The number of hydrogen-bond acceptors (Lipinski definition) is 5. The first kappa shape index (κ1) is 18.0. The number of hydrogen-bond donors (Lipinski definition) is 0. The number of halogens is 1. The van der Waals surface area contributed by atoms with Crippen molar-refractivity contribution in [1.29, 1.82) is 0 Å². The third-order valence-corrected chi connectivity index (χ3v) is 4.65. The molecule has 3 heterocycles. The molecule has 0 N–H and O–H groups in total. The summed E-state index contributed by atoms with van der Waals surface area (Å²) in [5, 5.41) is 8.56. The molecule has 0 saturated carbocycles. The SMILES string of the molecule is O=C(COc1ccccc1F)N1CCN(c2ccc(-n3cccc3)nn2)CC1. The molecule has 0 spiro atoms. The van der Waals surface area contributed by atoms with Crippen LogP contribution in [0.3, 0.4) is 0 Å². The average molecular weight is 381 g/mol. The Morgan fingerprint density at radius 2 is 1.61 bits per heavy atom. The second kappa shape index (κ2) is 8.08. The van der Waals surface area contributed by atoms with Crippen molar-refractivity contribution in [2.45, 2.75) is 0 Å². The quantitative estimate of drug-likeness (QED) is 0.678. The number of carbonyl (C=O) groups is 1. The van der Waals surface area contributed by atoms with Gasteiger partial charge >= 0.3 is 0 Å². The first-order chi connectivity index (χ1) is 13.7. The summed E-state index contributed by atoms with van der Waals surface area (Å²) in [5.41, 5.74) is 0. The lowest BCUT2D eigenvalue weighted by Gasteiger charge is -2.35. The lowest BCUT2D eigenvalue weighted by molar-refractivity contribution is -0.133. The Bertz CT molecular complexity index is 922. The molecule has 3 aromatic rings. The van der Waals surface area contributed by atoms with E-state index >= 15 is 0 Å². The van der Waals surface area contributed by atoms with Crippen molar-refractivity contribution in [3.05, 3.63) is 66.7 Å². The molecule has 1 aliphatic rings. The van der Waals surface area contributed by atoms with Gasteiger partial charge in [-0.05, 0) is 36.4 Å². The number of benzene rings is 1. The zero-order valence-electron chi connectivity index (χ0n) is 15.2. The molecule has 0 atom stereocenters. The highest BCUT2D eigenvalue weighted by atomic mass is 19.1. The topological polar surface area (TPSA) is 63.5 Å². The van der Waals surface area contributed by atoms with E-state index in [0.717, 1.165) is 11.6 Å². The number of rotatable bonds is 5. The van der Waals surface area contributed by atoms with Gasteiger partial charge in [0.1, 0.15) is 0 Å². The summed E-state index contributed by atoms with van der Waals surface area (Å²) in [6.45, 7) is 2.25. The van der Waals surface area contributed by atoms with E-state index < -0.39 is 5.82 Å². The summed E-state index contributed by atoms with van der Waals surface area (Å²) in [7, 11) is 0. The van der Waals surface area contributed by atoms with E-state index in [0.29, 0.717) is 26.2 Å². The van der Waals surface area contributed by atoms with Crippen LogP contribution in [0, 0.1) is 5.82 Å². The molecule has 1 amide bonds. The molecule has 1 fully saturated rings. The van der Waals surface area contributed by atoms with E-state index in [9.17, 15) is 9.18 Å². The van der Waals surface area contributed by atoms with E-state index in [1.165, 1.54) is 12.1 Å². The Kier molecular flexibility index (Phi) is 5.18. The van der Waals surface area contributed by atoms with Gasteiger partial charge in [0.2, 0.25) is 0 Å². The standard InChI is InChI=1S/C20H20FN5O2/c21-16-5-1-2-6-17(16)28-15-20(27)26-13-11-25(12-14-26)19-8-7-18(22-23-19)24-9-3-4-10-24/h1-10H,11-15H2. The zero-order chi connectivity index (χ0) is 19.3. The molecule has 28 heavy (non-hydrogen) atoms. The Hall–Kier alpha value is -3.42. The van der Waals surface area contributed by atoms with Crippen molar-refractivity contribution in [3.63, 3.8) is 0 Å². The van der Waals surface area contributed by atoms with Crippen LogP contribution >= 0.6 is 0 Å². The van der Waals surface area contributed by atoms with Crippen LogP contribution < -0.4 is 9.64 Å². The first-order valence-electron chi connectivity index (χ1n) is 9.08. The van der Waals surface area contributed by atoms with Crippen molar-refractivity contribution < 1.29 is 13.9 Å². The van der Waals surface area contributed by atoms with E-state index in [-0.39, 0.29) is 18.3 Å². The Labute approximate surface area is 162 Å². The zero-order valence-corrected chi connectivity index (χ0v) is 15.2. The molecule has 0 bridgehead atoms. The van der Waals surface area contributed by atoms with Crippen molar-refractivity contribution in [3.8, 4) is 11.6 Å². The second-order valence-corrected chi connectivity index (χ2v) is 6.43. The van der Waals surface area contributed by atoms with Crippen molar-refractivity contribution >= 4 is 11.7 Å². The monoisotopic (exact) mass is 381 g/mol. The highest BCUT2D eigenvalue weighted by molar-refractivity contribution is 5.78. The minimum absolute atomic E-state index is 0.0903. The van der Waals surface area contributed by atoms with Gasteiger partial charge in [-0.25, -0.2) is 4.39 Å². The molecule has 1 aliphatic heterocycles. The van der Waals surface area contributed by atoms with Gasteiger partial charge in [-0.1, -0.05) is 12.1 Å². The minimum Gasteiger partial charge on any atom is -0.481 e. The summed E-state index contributed by atoms with van der Waals surface area (Å²) in [6, 6.07) is 13.8. The predicted octanol–water partition coefficient (Wildman–Crippen LogP) is 2.13. The van der Waals surface area contributed by atoms with Gasteiger partial charge in [0, 0.05) is 38.6 Å². The van der Waals surface area contributed by atoms with Crippen LogP contribution in [0.25, 0.3) is 5.82 Å². The lowest BCUT2D eigenvalue weighted by Crippen LogP contribution is -2.50. The molecule has 144 valence electrons. The number of aromatic nitrogens is 3. The van der Waals surface area contributed by atoms with E-state index in [2.05, 4.69) is 15.1 Å². The molecule has 1 saturated heterocycles. The smallest absolute Gasteiger partial charge is 0.260 e. The van der Waals surface area contributed by atoms with Crippen LogP contribution in [-0.4, -0.2) is 58.4 Å². The van der Waals surface area contributed by atoms with Crippen molar-refractivity contribution in [1.82, 2.24) is 19.7 Å². The number of anilines is 1. The molecular weight excluding hydrogens is 361 g/mol. The molecule has 0 unspecified atom stereocenters. The fraction of sp³-hybridized carbons (Fsp3) is 0.250. The lowest BCUT2D eigenvalue weighted by atomic mass is 10.3. The Balaban J connectivity index is 1.29. The van der Waals surface area contributed by atoms with Crippen LogP contribution in [0.1, 0.15) is 0 Å². The van der Waals surface area contributed by atoms with E-state index in [1.54, 1.807) is 17.0 Å². The van der Waals surface area contributed by atoms with Gasteiger partial charge in [0.05, 0.1) is 0 Å². The number of carbonyl (C=O) groups excluding carboxylic acids is 1. The maximum Gasteiger partial charge on any atom is 0.260 e. The predicted molar refractivity (Wildman–Crippen MR) is 102 cm³/mol. The van der Waals surface area contributed by atoms with Gasteiger partial charge in [-0.15, -0.1) is 10.2 Å². The first-order valence-corrected chi connectivity index (χ1v) is 9.08. The summed E-state index contributed by atoms with van der Waals surface area (Å²) in [6.07, 6.45) is 3.83. The van der Waals surface area contributed by atoms with Gasteiger partial charge in [0.15, 0.2) is 29.8 Å². The number of nitrogens with zero attached hydrogens (tertiary/aromatic N) is 5.